The largest absolute Gasteiger partial charge is 0.206 e. The van der Waals surface area contributed by atoms with E-state index in [4.69, 9.17) is 0 Å². The van der Waals surface area contributed by atoms with Crippen LogP contribution in [-0.4, -0.2) is 15.0 Å². The van der Waals surface area contributed by atoms with Crippen LogP contribution in [0.3, 0.4) is 0 Å². The Bertz CT molecular complexity index is 503. The van der Waals surface area contributed by atoms with Gasteiger partial charge in [-0.2, -0.15) is 15.0 Å². The minimum absolute atomic E-state index is 0.251. The molecule has 0 saturated carbocycles. The van der Waals surface area contributed by atoms with Crippen LogP contribution < -0.4 is 0 Å². The molecule has 2 aromatic rings. The van der Waals surface area contributed by atoms with Crippen LogP contribution in [0.1, 0.15) is 11.1 Å². The van der Waals surface area contributed by atoms with Crippen LogP contribution in [0.5, 0.6) is 0 Å². The number of benzene rings is 1. The standard InChI is InChI=1S/C11H12FN3/c1-7-4-5-9(12)11(8(7)2)10-6-13-15(3)14-10/h4-6H,1-3H3. The number of aromatic nitrogens is 3. The fourth-order valence-corrected chi connectivity index (χ4v) is 1.56. The van der Waals surface area contributed by atoms with E-state index in [0.717, 1.165) is 11.1 Å². The third-order valence-corrected chi connectivity index (χ3v) is 2.54. The first-order valence-electron chi connectivity index (χ1n) is 4.72. The summed E-state index contributed by atoms with van der Waals surface area (Å²) >= 11 is 0. The van der Waals surface area contributed by atoms with E-state index in [1.54, 1.807) is 19.3 Å². The number of nitrogens with zero attached hydrogens (tertiary/aromatic N) is 3. The average Bonchev–Trinajstić information content (AvgIpc) is 2.59. The van der Waals surface area contributed by atoms with Crippen LogP contribution in [0.25, 0.3) is 11.3 Å². The quantitative estimate of drug-likeness (QED) is 0.714. The molecule has 0 unspecified atom stereocenters. The second-order valence-corrected chi connectivity index (χ2v) is 3.58. The Morgan fingerprint density at radius 1 is 1.27 bits per heavy atom. The molecular weight excluding hydrogens is 193 g/mol. The van der Waals surface area contributed by atoms with Crippen molar-refractivity contribution in [3.8, 4) is 11.3 Å². The fourth-order valence-electron chi connectivity index (χ4n) is 1.56. The van der Waals surface area contributed by atoms with Crippen molar-refractivity contribution in [3.05, 3.63) is 35.3 Å². The molecule has 0 spiro atoms. The molecule has 3 nitrogen and oxygen atoms in total. The maximum atomic E-state index is 13.6. The summed E-state index contributed by atoms with van der Waals surface area (Å²) in [7, 11) is 1.71. The third-order valence-electron chi connectivity index (χ3n) is 2.54. The molecule has 0 saturated heterocycles. The third kappa shape index (κ3) is 1.63. The van der Waals surface area contributed by atoms with Crippen molar-refractivity contribution in [2.75, 3.05) is 0 Å². The van der Waals surface area contributed by atoms with Gasteiger partial charge in [0.15, 0.2) is 0 Å². The zero-order chi connectivity index (χ0) is 11.0. The first-order valence-corrected chi connectivity index (χ1v) is 4.72. The minimum atomic E-state index is -0.251. The van der Waals surface area contributed by atoms with Gasteiger partial charge in [-0.3, -0.25) is 0 Å². The smallest absolute Gasteiger partial charge is 0.133 e. The molecule has 0 N–H and O–H groups in total. The van der Waals surface area contributed by atoms with E-state index in [-0.39, 0.29) is 5.82 Å². The Labute approximate surface area is 87.5 Å². The van der Waals surface area contributed by atoms with Gasteiger partial charge in [0.25, 0.3) is 0 Å². The molecule has 0 aliphatic carbocycles. The average molecular weight is 205 g/mol. The Kier molecular flexibility index (Phi) is 2.26. The summed E-state index contributed by atoms with van der Waals surface area (Å²) in [6.07, 6.45) is 1.57. The van der Waals surface area contributed by atoms with Crippen LogP contribution in [0, 0.1) is 19.7 Å². The molecule has 15 heavy (non-hydrogen) atoms. The maximum absolute atomic E-state index is 13.6. The van der Waals surface area contributed by atoms with E-state index >= 15 is 0 Å². The molecule has 0 bridgehead atoms. The molecule has 0 fully saturated rings. The molecule has 1 heterocycles. The van der Waals surface area contributed by atoms with Gasteiger partial charge in [0.1, 0.15) is 11.5 Å². The molecule has 0 radical (unpaired) electrons. The zero-order valence-corrected chi connectivity index (χ0v) is 8.95. The second kappa shape index (κ2) is 3.46. The molecule has 0 atom stereocenters. The first-order chi connectivity index (χ1) is 7.09. The summed E-state index contributed by atoms with van der Waals surface area (Å²) in [6.45, 7) is 3.84. The van der Waals surface area contributed by atoms with E-state index in [1.807, 2.05) is 13.8 Å². The Hall–Kier alpha value is -1.71. The van der Waals surface area contributed by atoms with E-state index in [9.17, 15) is 4.39 Å². The van der Waals surface area contributed by atoms with Gasteiger partial charge < -0.3 is 0 Å². The van der Waals surface area contributed by atoms with Gasteiger partial charge in [-0.1, -0.05) is 6.07 Å². The van der Waals surface area contributed by atoms with Crippen molar-refractivity contribution < 1.29 is 4.39 Å². The topological polar surface area (TPSA) is 30.7 Å². The molecular formula is C11H12FN3. The predicted octanol–water partition coefficient (Wildman–Crippen LogP) is 2.24. The highest BCUT2D eigenvalue weighted by Gasteiger charge is 2.12. The number of aryl methyl sites for hydroxylation is 2. The molecule has 4 heteroatoms. The Morgan fingerprint density at radius 3 is 2.60 bits per heavy atom. The molecule has 78 valence electrons. The number of hydrogen-bond acceptors (Lipinski definition) is 2. The van der Waals surface area contributed by atoms with Gasteiger partial charge in [-0.05, 0) is 31.0 Å². The molecule has 2 rings (SSSR count). The van der Waals surface area contributed by atoms with Gasteiger partial charge in [0.05, 0.1) is 6.20 Å². The van der Waals surface area contributed by atoms with Crippen molar-refractivity contribution in [2.45, 2.75) is 13.8 Å². The van der Waals surface area contributed by atoms with Crippen LogP contribution in [0.15, 0.2) is 18.3 Å². The summed E-state index contributed by atoms with van der Waals surface area (Å²) < 4.78 is 13.6. The molecule has 0 aliphatic heterocycles. The van der Waals surface area contributed by atoms with Gasteiger partial charge in [0, 0.05) is 12.6 Å². The summed E-state index contributed by atoms with van der Waals surface area (Å²) in [4.78, 5) is 1.43. The Balaban J connectivity index is 2.66. The van der Waals surface area contributed by atoms with Crippen LogP contribution in [-0.2, 0) is 7.05 Å². The van der Waals surface area contributed by atoms with Crippen molar-refractivity contribution in [1.29, 1.82) is 0 Å². The maximum Gasteiger partial charge on any atom is 0.133 e. The highest BCUT2D eigenvalue weighted by atomic mass is 19.1. The van der Waals surface area contributed by atoms with Gasteiger partial charge in [-0.25, -0.2) is 4.39 Å². The van der Waals surface area contributed by atoms with Crippen molar-refractivity contribution in [2.24, 2.45) is 7.05 Å². The van der Waals surface area contributed by atoms with Crippen LogP contribution in [0.4, 0.5) is 4.39 Å². The fraction of sp³-hybridized carbons (Fsp3) is 0.273. The molecule has 1 aromatic carbocycles. The first kappa shape index (κ1) is 9.83. The summed E-state index contributed by atoms with van der Waals surface area (Å²) in [5.41, 5.74) is 3.09. The predicted molar refractivity (Wildman–Crippen MR) is 55.9 cm³/mol. The normalized spacial score (nSPS) is 10.7. The lowest BCUT2D eigenvalue weighted by molar-refractivity contribution is 0.626. The Morgan fingerprint density at radius 2 is 2.00 bits per heavy atom. The summed E-state index contributed by atoms with van der Waals surface area (Å²) in [5, 5.41) is 8.05. The van der Waals surface area contributed by atoms with Crippen molar-refractivity contribution in [1.82, 2.24) is 15.0 Å². The summed E-state index contributed by atoms with van der Waals surface area (Å²) in [6, 6.07) is 3.23. The van der Waals surface area contributed by atoms with E-state index in [0.29, 0.717) is 11.3 Å². The zero-order valence-electron chi connectivity index (χ0n) is 8.95. The molecule has 0 amide bonds. The van der Waals surface area contributed by atoms with Gasteiger partial charge in [0.2, 0.25) is 0 Å². The lowest BCUT2D eigenvalue weighted by Crippen LogP contribution is -1.95. The highest BCUT2D eigenvalue weighted by molar-refractivity contribution is 5.64. The van der Waals surface area contributed by atoms with E-state index in [1.165, 1.54) is 10.9 Å². The second-order valence-electron chi connectivity index (χ2n) is 3.58. The highest BCUT2D eigenvalue weighted by Crippen LogP contribution is 2.26. The lowest BCUT2D eigenvalue weighted by Gasteiger charge is -2.06. The van der Waals surface area contributed by atoms with E-state index < -0.39 is 0 Å². The van der Waals surface area contributed by atoms with Crippen molar-refractivity contribution >= 4 is 0 Å². The molecule has 1 aromatic heterocycles. The van der Waals surface area contributed by atoms with E-state index in [2.05, 4.69) is 10.2 Å². The van der Waals surface area contributed by atoms with Gasteiger partial charge >= 0.3 is 0 Å². The lowest BCUT2D eigenvalue weighted by atomic mass is 10.0. The SMILES string of the molecule is Cc1ccc(F)c(-c2cnn(C)n2)c1C. The monoisotopic (exact) mass is 205 g/mol. The summed E-state index contributed by atoms with van der Waals surface area (Å²) in [5.74, 6) is -0.251. The van der Waals surface area contributed by atoms with Crippen LogP contribution >= 0.6 is 0 Å². The number of rotatable bonds is 1. The number of halogens is 1. The van der Waals surface area contributed by atoms with Gasteiger partial charge in [-0.15, -0.1) is 0 Å². The molecule has 0 aliphatic rings. The van der Waals surface area contributed by atoms with Crippen LogP contribution in [0.2, 0.25) is 0 Å². The van der Waals surface area contributed by atoms with Crippen molar-refractivity contribution in [3.63, 3.8) is 0 Å². The number of hydrogen-bond donors (Lipinski definition) is 0. The minimum Gasteiger partial charge on any atom is -0.206 e.